The fraction of sp³-hybridized carbons (Fsp3) is 0.438. The van der Waals surface area contributed by atoms with Crippen molar-refractivity contribution in [3.63, 3.8) is 0 Å². The quantitative estimate of drug-likeness (QED) is 0.600. The first-order valence-corrected chi connectivity index (χ1v) is 7.31. The van der Waals surface area contributed by atoms with Crippen LogP contribution in [0.5, 0.6) is 0 Å². The largest absolute Gasteiger partial charge is 0.304 e. The number of hydrogen-bond donors (Lipinski definition) is 2. The lowest BCUT2D eigenvalue weighted by molar-refractivity contribution is 0.282. The Labute approximate surface area is 121 Å². The molecule has 0 amide bonds. The van der Waals surface area contributed by atoms with Gasteiger partial charge in [0.2, 0.25) is 0 Å². The number of nitrogens with one attached hydrogen (secondary N) is 1. The van der Waals surface area contributed by atoms with Crippen LogP contribution in [-0.4, -0.2) is 29.5 Å². The Balaban J connectivity index is 2.12. The molecule has 1 atom stereocenters. The van der Waals surface area contributed by atoms with E-state index < -0.39 is 0 Å². The normalized spacial score (nSPS) is 13.0. The molecule has 0 saturated carbocycles. The topological polar surface area (TPSA) is 54.2 Å². The van der Waals surface area contributed by atoms with Gasteiger partial charge in [0.05, 0.1) is 5.52 Å². The number of benzene rings is 1. The molecule has 0 aliphatic rings. The van der Waals surface area contributed by atoms with Crippen LogP contribution in [0.1, 0.15) is 31.9 Å². The number of para-hydroxylation sites is 1. The van der Waals surface area contributed by atoms with Crippen molar-refractivity contribution in [2.24, 2.45) is 5.84 Å². The Morgan fingerprint density at radius 1 is 1.25 bits per heavy atom. The molecule has 0 fully saturated rings. The van der Waals surface area contributed by atoms with Crippen molar-refractivity contribution < 1.29 is 0 Å². The van der Waals surface area contributed by atoms with Crippen LogP contribution in [0.15, 0.2) is 36.5 Å². The molecular weight excluding hydrogens is 248 g/mol. The van der Waals surface area contributed by atoms with Crippen LogP contribution in [0.4, 0.5) is 0 Å². The summed E-state index contributed by atoms with van der Waals surface area (Å²) < 4.78 is 0. The molecule has 0 aliphatic heterocycles. The number of aromatic nitrogens is 1. The summed E-state index contributed by atoms with van der Waals surface area (Å²) in [6.45, 7) is 7.56. The zero-order valence-corrected chi connectivity index (χ0v) is 12.3. The monoisotopic (exact) mass is 272 g/mol. The summed E-state index contributed by atoms with van der Waals surface area (Å²) >= 11 is 0. The molecule has 0 spiro atoms. The van der Waals surface area contributed by atoms with Crippen LogP contribution in [0.2, 0.25) is 0 Å². The summed E-state index contributed by atoms with van der Waals surface area (Å²) in [6, 6.07) is 10.5. The highest BCUT2D eigenvalue weighted by atomic mass is 15.2. The van der Waals surface area contributed by atoms with Crippen LogP contribution in [0, 0.1) is 0 Å². The first kappa shape index (κ1) is 14.9. The van der Waals surface area contributed by atoms with Gasteiger partial charge in [0.25, 0.3) is 0 Å². The third-order valence-corrected chi connectivity index (χ3v) is 3.84. The van der Waals surface area contributed by atoms with Gasteiger partial charge in [-0.1, -0.05) is 32.0 Å². The van der Waals surface area contributed by atoms with Crippen LogP contribution >= 0.6 is 0 Å². The van der Waals surface area contributed by atoms with Crippen LogP contribution < -0.4 is 11.3 Å². The van der Waals surface area contributed by atoms with Crippen molar-refractivity contribution in [1.29, 1.82) is 0 Å². The molecular formula is C16H24N4. The standard InChI is InChI=1S/C16H24N4/c1-3-20(4-2)10-9-16(19-17)14-11-13-7-5-6-8-15(13)18-12-14/h5-8,11-12,16,19H,3-4,9-10,17H2,1-2H3. The van der Waals surface area contributed by atoms with E-state index >= 15 is 0 Å². The van der Waals surface area contributed by atoms with E-state index in [1.807, 2.05) is 24.4 Å². The van der Waals surface area contributed by atoms with Gasteiger partial charge in [-0.05, 0) is 43.8 Å². The first-order chi connectivity index (χ1) is 9.78. The van der Waals surface area contributed by atoms with Crippen molar-refractivity contribution in [3.8, 4) is 0 Å². The highest BCUT2D eigenvalue weighted by Crippen LogP contribution is 2.20. The lowest BCUT2D eigenvalue weighted by Gasteiger charge is -2.22. The average Bonchev–Trinajstić information content (AvgIpc) is 2.51. The Hall–Kier alpha value is -1.49. The lowest BCUT2D eigenvalue weighted by Crippen LogP contribution is -2.32. The molecule has 1 aromatic heterocycles. The Bertz CT molecular complexity index is 537. The molecule has 0 radical (unpaired) electrons. The fourth-order valence-corrected chi connectivity index (χ4v) is 2.48. The second kappa shape index (κ2) is 7.33. The molecule has 2 aromatic rings. The smallest absolute Gasteiger partial charge is 0.0702 e. The lowest BCUT2D eigenvalue weighted by atomic mass is 10.0. The molecule has 1 unspecified atom stereocenters. The molecule has 1 aromatic carbocycles. The molecule has 3 N–H and O–H groups in total. The van der Waals surface area contributed by atoms with Crippen molar-refractivity contribution >= 4 is 10.9 Å². The Kier molecular flexibility index (Phi) is 5.47. The number of rotatable bonds is 7. The summed E-state index contributed by atoms with van der Waals surface area (Å²) in [7, 11) is 0. The van der Waals surface area contributed by atoms with Gasteiger partial charge in [-0.25, -0.2) is 0 Å². The van der Waals surface area contributed by atoms with E-state index in [0.29, 0.717) is 0 Å². The van der Waals surface area contributed by atoms with Crippen LogP contribution in [-0.2, 0) is 0 Å². The van der Waals surface area contributed by atoms with Crippen molar-refractivity contribution in [2.75, 3.05) is 19.6 Å². The molecule has 20 heavy (non-hydrogen) atoms. The SMILES string of the molecule is CCN(CC)CCC(NN)c1cnc2ccccc2c1. The van der Waals surface area contributed by atoms with Crippen molar-refractivity contribution in [1.82, 2.24) is 15.3 Å². The third-order valence-electron chi connectivity index (χ3n) is 3.84. The second-order valence-corrected chi connectivity index (χ2v) is 5.00. The number of fused-ring (bicyclic) bond motifs is 1. The molecule has 0 saturated heterocycles. The number of pyridine rings is 1. The zero-order valence-electron chi connectivity index (χ0n) is 12.3. The highest BCUT2D eigenvalue weighted by Gasteiger charge is 2.12. The van der Waals surface area contributed by atoms with Gasteiger partial charge in [0.1, 0.15) is 0 Å². The fourth-order valence-electron chi connectivity index (χ4n) is 2.48. The van der Waals surface area contributed by atoms with Gasteiger partial charge in [-0.2, -0.15) is 0 Å². The molecule has 2 rings (SSSR count). The van der Waals surface area contributed by atoms with Gasteiger partial charge in [0, 0.05) is 17.6 Å². The van der Waals surface area contributed by atoms with Gasteiger partial charge in [-0.3, -0.25) is 16.3 Å². The van der Waals surface area contributed by atoms with Crippen molar-refractivity contribution in [3.05, 3.63) is 42.1 Å². The van der Waals surface area contributed by atoms with E-state index in [2.05, 4.69) is 41.3 Å². The van der Waals surface area contributed by atoms with Crippen molar-refractivity contribution in [2.45, 2.75) is 26.3 Å². The zero-order chi connectivity index (χ0) is 14.4. The molecule has 0 bridgehead atoms. The maximum Gasteiger partial charge on any atom is 0.0702 e. The summed E-state index contributed by atoms with van der Waals surface area (Å²) in [4.78, 5) is 6.91. The Morgan fingerprint density at radius 3 is 2.70 bits per heavy atom. The molecule has 4 nitrogen and oxygen atoms in total. The number of nitrogens with two attached hydrogens (primary N) is 1. The minimum Gasteiger partial charge on any atom is -0.304 e. The predicted molar refractivity (Wildman–Crippen MR) is 84.2 cm³/mol. The van der Waals surface area contributed by atoms with Gasteiger partial charge in [0.15, 0.2) is 0 Å². The second-order valence-electron chi connectivity index (χ2n) is 5.00. The van der Waals surface area contributed by atoms with E-state index in [9.17, 15) is 0 Å². The van der Waals surface area contributed by atoms with E-state index in [4.69, 9.17) is 5.84 Å². The summed E-state index contributed by atoms with van der Waals surface area (Å²) in [5, 5.41) is 1.16. The van der Waals surface area contributed by atoms with Gasteiger partial charge < -0.3 is 4.90 Å². The molecule has 1 heterocycles. The summed E-state index contributed by atoms with van der Waals surface area (Å²) in [5.41, 5.74) is 5.10. The highest BCUT2D eigenvalue weighted by molar-refractivity contribution is 5.78. The van der Waals surface area contributed by atoms with E-state index in [-0.39, 0.29) is 6.04 Å². The van der Waals surface area contributed by atoms with Gasteiger partial charge >= 0.3 is 0 Å². The molecule has 4 heteroatoms. The van der Waals surface area contributed by atoms with E-state index in [0.717, 1.165) is 42.5 Å². The van der Waals surface area contributed by atoms with E-state index in [1.165, 1.54) is 0 Å². The minimum atomic E-state index is 0.146. The first-order valence-electron chi connectivity index (χ1n) is 7.31. The minimum absolute atomic E-state index is 0.146. The number of nitrogens with zero attached hydrogens (tertiary/aromatic N) is 2. The molecule has 108 valence electrons. The summed E-state index contributed by atoms with van der Waals surface area (Å²) in [6.07, 6.45) is 2.91. The predicted octanol–water partition coefficient (Wildman–Crippen LogP) is 2.47. The maximum atomic E-state index is 5.72. The van der Waals surface area contributed by atoms with Crippen LogP contribution in [0.25, 0.3) is 10.9 Å². The van der Waals surface area contributed by atoms with Gasteiger partial charge in [-0.15, -0.1) is 0 Å². The number of hydrazine groups is 1. The van der Waals surface area contributed by atoms with E-state index in [1.54, 1.807) is 0 Å². The summed E-state index contributed by atoms with van der Waals surface area (Å²) in [5.74, 6) is 5.72. The maximum absolute atomic E-state index is 5.72. The van der Waals surface area contributed by atoms with Crippen LogP contribution in [0.3, 0.4) is 0 Å². The third kappa shape index (κ3) is 3.54. The number of hydrogen-bond acceptors (Lipinski definition) is 4. The Morgan fingerprint density at radius 2 is 2.00 bits per heavy atom. The molecule has 0 aliphatic carbocycles. The average molecular weight is 272 g/mol.